The Morgan fingerprint density at radius 1 is 1.06 bits per heavy atom. The fourth-order valence-corrected chi connectivity index (χ4v) is 3.55. The molecule has 0 saturated carbocycles. The molecule has 0 radical (unpaired) electrons. The highest BCUT2D eigenvalue weighted by atomic mass is 16.6. The zero-order valence-corrected chi connectivity index (χ0v) is 19.5. The van der Waals surface area contributed by atoms with E-state index in [1.54, 1.807) is 43.5 Å². The lowest BCUT2D eigenvalue weighted by molar-refractivity contribution is -0.385. The number of hydrogen-bond acceptors (Lipinski definition) is 7. The molecule has 0 aliphatic rings. The molecule has 182 valence electrons. The molecule has 0 aliphatic heterocycles. The SMILES string of the molecule is CCOC(=O)c1ccc(NC(=O)c2cn(-c3ccccc3)nc2-c2ccc(OC)c([N+](=O)[O-])c2)cc1. The van der Waals surface area contributed by atoms with Crippen molar-refractivity contribution in [2.75, 3.05) is 19.0 Å². The molecule has 0 saturated heterocycles. The molecule has 3 aromatic carbocycles. The fourth-order valence-electron chi connectivity index (χ4n) is 3.55. The zero-order chi connectivity index (χ0) is 25.7. The quantitative estimate of drug-likeness (QED) is 0.214. The molecule has 10 nitrogen and oxygen atoms in total. The number of rotatable bonds is 8. The van der Waals surface area contributed by atoms with Crippen LogP contribution >= 0.6 is 0 Å². The van der Waals surface area contributed by atoms with Gasteiger partial charge in [0.15, 0.2) is 5.75 Å². The number of carbonyl (C=O) groups is 2. The molecule has 0 bridgehead atoms. The molecule has 0 unspecified atom stereocenters. The van der Waals surface area contributed by atoms with Crippen molar-refractivity contribution < 1.29 is 24.0 Å². The summed E-state index contributed by atoms with van der Waals surface area (Å²) in [6, 6.07) is 19.8. The van der Waals surface area contributed by atoms with Crippen LogP contribution in [0.15, 0.2) is 79.0 Å². The van der Waals surface area contributed by atoms with Crippen LogP contribution in [0.1, 0.15) is 27.6 Å². The number of amides is 1. The fraction of sp³-hybridized carbons (Fsp3) is 0.115. The lowest BCUT2D eigenvalue weighted by Crippen LogP contribution is -2.12. The van der Waals surface area contributed by atoms with Crippen LogP contribution in [0, 0.1) is 10.1 Å². The lowest BCUT2D eigenvalue weighted by Gasteiger charge is -2.08. The van der Waals surface area contributed by atoms with E-state index in [2.05, 4.69) is 10.4 Å². The minimum absolute atomic E-state index is 0.0962. The van der Waals surface area contributed by atoms with Crippen molar-refractivity contribution in [3.8, 4) is 22.7 Å². The van der Waals surface area contributed by atoms with Gasteiger partial charge in [0.1, 0.15) is 5.69 Å². The van der Waals surface area contributed by atoms with Gasteiger partial charge in [-0.25, -0.2) is 9.48 Å². The second-order valence-corrected chi connectivity index (χ2v) is 7.57. The van der Waals surface area contributed by atoms with E-state index < -0.39 is 16.8 Å². The van der Waals surface area contributed by atoms with Gasteiger partial charge in [-0.15, -0.1) is 0 Å². The molecule has 0 spiro atoms. The van der Waals surface area contributed by atoms with Crippen molar-refractivity contribution in [3.63, 3.8) is 0 Å². The van der Waals surface area contributed by atoms with Crippen LogP contribution in [-0.4, -0.2) is 40.3 Å². The number of para-hydroxylation sites is 1. The van der Waals surface area contributed by atoms with Crippen molar-refractivity contribution in [3.05, 3.63) is 100 Å². The van der Waals surface area contributed by atoms with E-state index in [0.717, 1.165) is 0 Å². The molecule has 1 heterocycles. The highest BCUT2D eigenvalue weighted by Crippen LogP contribution is 2.33. The third-order valence-electron chi connectivity index (χ3n) is 5.28. The Kier molecular flexibility index (Phi) is 7.05. The third kappa shape index (κ3) is 5.07. The summed E-state index contributed by atoms with van der Waals surface area (Å²) in [6.45, 7) is 1.98. The molecule has 0 atom stereocenters. The first kappa shape index (κ1) is 24.1. The van der Waals surface area contributed by atoms with Crippen molar-refractivity contribution in [1.82, 2.24) is 9.78 Å². The number of nitro benzene ring substituents is 1. The van der Waals surface area contributed by atoms with Crippen LogP contribution in [0.3, 0.4) is 0 Å². The molecule has 10 heteroatoms. The average molecular weight is 486 g/mol. The van der Waals surface area contributed by atoms with Crippen molar-refractivity contribution in [2.45, 2.75) is 6.92 Å². The summed E-state index contributed by atoms with van der Waals surface area (Å²) in [7, 11) is 1.35. The van der Waals surface area contributed by atoms with Gasteiger partial charge < -0.3 is 14.8 Å². The molecule has 0 aliphatic carbocycles. The predicted molar refractivity (Wildman–Crippen MR) is 133 cm³/mol. The Morgan fingerprint density at radius 2 is 1.78 bits per heavy atom. The summed E-state index contributed by atoms with van der Waals surface area (Å²) >= 11 is 0. The number of benzene rings is 3. The molecular formula is C26H22N4O6. The van der Waals surface area contributed by atoms with E-state index in [4.69, 9.17) is 9.47 Å². The first-order chi connectivity index (χ1) is 17.4. The van der Waals surface area contributed by atoms with Gasteiger partial charge in [0.05, 0.1) is 35.5 Å². The highest BCUT2D eigenvalue weighted by molar-refractivity contribution is 6.08. The Balaban J connectivity index is 1.72. The second-order valence-electron chi connectivity index (χ2n) is 7.57. The molecule has 4 rings (SSSR count). The maximum Gasteiger partial charge on any atom is 0.338 e. The normalized spacial score (nSPS) is 10.5. The molecule has 36 heavy (non-hydrogen) atoms. The van der Waals surface area contributed by atoms with Crippen LogP contribution in [0.5, 0.6) is 5.75 Å². The first-order valence-electron chi connectivity index (χ1n) is 11.0. The van der Waals surface area contributed by atoms with Gasteiger partial charge in [-0.05, 0) is 55.5 Å². The predicted octanol–water partition coefficient (Wildman–Crippen LogP) is 4.89. The van der Waals surface area contributed by atoms with Gasteiger partial charge in [0.2, 0.25) is 0 Å². The van der Waals surface area contributed by atoms with Gasteiger partial charge in [-0.2, -0.15) is 5.10 Å². The molecule has 1 amide bonds. The lowest BCUT2D eigenvalue weighted by atomic mass is 10.1. The standard InChI is InChI=1S/C26H22N4O6/c1-3-36-26(32)17-9-12-19(13-10-17)27-25(31)21-16-29(20-7-5-4-6-8-20)28-24(21)18-11-14-23(35-2)22(15-18)30(33)34/h4-16H,3H2,1-2H3,(H,27,31). The smallest absolute Gasteiger partial charge is 0.338 e. The van der Waals surface area contributed by atoms with Crippen LogP contribution in [0.4, 0.5) is 11.4 Å². The van der Waals surface area contributed by atoms with Gasteiger partial charge in [0.25, 0.3) is 5.91 Å². The largest absolute Gasteiger partial charge is 0.490 e. The Hall–Kier alpha value is -4.99. The van der Waals surface area contributed by atoms with Crippen molar-refractivity contribution >= 4 is 23.3 Å². The van der Waals surface area contributed by atoms with E-state index in [-0.39, 0.29) is 29.3 Å². The number of methoxy groups -OCH3 is 1. The van der Waals surface area contributed by atoms with E-state index >= 15 is 0 Å². The highest BCUT2D eigenvalue weighted by Gasteiger charge is 2.23. The van der Waals surface area contributed by atoms with E-state index in [9.17, 15) is 19.7 Å². The topological polar surface area (TPSA) is 126 Å². The number of nitrogens with one attached hydrogen (secondary N) is 1. The number of carbonyl (C=O) groups excluding carboxylic acids is 2. The molecule has 0 fully saturated rings. The second kappa shape index (κ2) is 10.5. The molecule has 4 aromatic rings. The van der Waals surface area contributed by atoms with Crippen LogP contribution in [-0.2, 0) is 4.74 Å². The van der Waals surface area contributed by atoms with Crippen molar-refractivity contribution in [1.29, 1.82) is 0 Å². The van der Waals surface area contributed by atoms with E-state index in [1.165, 1.54) is 23.9 Å². The summed E-state index contributed by atoms with van der Waals surface area (Å²) in [5.41, 5.74) is 2.10. The minimum atomic E-state index is -0.554. The average Bonchev–Trinajstić information content (AvgIpc) is 3.35. The number of ether oxygens (including phenoxy) is 2. The Morgan fingerprint density at radius 3 is 2.42 bits per heavy atom. The monoisotopic (exact) mass is 486 g/mol. The van der Waals surface area contributed by atoms with Gasteiger partial charge >= 0.3 is 11.7 Å². The van der Waals surface area contributed by atoms with Gasteiger partial charge in [-0.3, -0.25) is 14.9 Å². The maximum absolute atomic E-state index is 13.3. The first-order valence-corrected chi connectivity index (χ1v) is 11.0. The van der Waals surface area contributed by atoms with Crippen LogP contribution in [0.2, 0.25) is 0 Å². The molecular weight excluding hydrogens is 464 g/mol. The summed E-state index contributed by atoms with van der Waals surface area (Å²) in [5, 5.41) is 18.9. The van der Waals surface area contributed by atoms with E-state index in [0.29, 0.717) is 22.5 Å². The number of esters is 1. The van der Waals surface area contributed by atoms with E-state index in [1.807, 2.05) is 30.3 Å². The van der Waals surface area contributed by atoms with Crippen LogP contribution < -0.4 is 10.1 Å². The number of hydrogen-bond donors (Lipinski definition) is 1. The number of nitro groups is 1. The summed E-state index contributed by atoms with van der Waals surface area (Å²) in [5.74, 6) is -0.837. The zero-order valence-electron chi connectivity index (χ0n) is 19.5. The molecule has 1 N–H and O–H groups in total. The summed E-state index contributed by atoms with van der Waals surface area (Å²) in [4.78, 5) is 36.2. The maximum atomic E-state index is 13.3. The Labute approximate surface area is 206 Å². The molecule has 1 aromatic heterocycles. The van der Waals surface area contributed by atoms with Gasteiger partial charge in [-0.1, -0.05) is 18.2 Å². The number of nitrogens with zero attached hydrogens (tertiary/aromatic N) is 3. The summed E-state index contributed by atoms with van der Waals surface area (Å²) in [6.07, 6.45) is 1.56. The summed E-state index contributed by atoms with van der Waals surface area (Å²) < 4.78 is 11.6. The minimum Gasteiger partial charge on any atom is -0.490 e. The Bertz CT molecular complexity index is 1410. The third-order valence-corrected chi connectivity index (χ3v) is 5.28. The van der Waals surface area contributed by atoms with Crippen LogP contribution in [0.25, 0.3) is 16.9 Å². The number of aromatic nitrogens is 2. The van der Waals surface area contributed by atoms with Gasteiger partial charge in [0, 0.05) is 23.5 Å². The number of anilines is 1. The van der Waals surface area contributed by atoms with Crippen molar-refractivity contribution in [2.24, 2.45) is 0 Å².